The van der Waals surface area contributed by atoms with Crippen LogP contribution in [0.1, 0.15) is 33.9 Å². The first kappa shape index (κ1) is 27.9. The van der Waals surface area contributed by atoms with E-state index < -0.39 is 0 Å². The maximum absolute atomic E-state index is 6.02. The first-order valence-electron chi connectivity index (χ1n) is 27.3. The Hall–Kier alpha value is -8.56. The normalized spacial score (nSPS) is 23.8. The van der Waals surface area contributed by atoms with Gasteiger partial charge in [0.25, 0.3) is 0 Å². The van der Waals surface area contributed by atoms with E-state index >= 15 is 0 Å². The molecule has 2 nitrogen and oxygen atoms in total. The van der Waals surface area contributed by atoms with Gasteiger partial charge in [0.1, 0.15) is 11.8 Å². The Morgan fingerprint density at radius 2 is 0.479 bits per heavy atom. The lowest BCUT2D eigenvalue weighted by Crippen LogP contribution is -2.52. The summed E-state index contributed by atoms with van der Waals surface area (Å²) in [4.78, 5) is 0. The molecular formula is C71H16NO+. The summed E-state index contributed by atoms with van der Waals surface area (Å²) in [5.74, 6) is 0.958. The molecule has 1 atom stereocenters. The van der Waals surface area contributed by atoms with Crippen molar-refractivity contribution in [2.75, 3.05) is 27.7 Å². The smallest absolute Gasteiger partial charge is 0.130 e. The third kappa shape index (κ3) is 1.51. The van der Waals surface area contributed by atoms with E-state index in [2.05, 4.69) is 38.4 Å². The van der Waals surface area contributed by atoms with Crippen LogP contribution in [0.3, 0.4) is 0 Å². The average Bonchev–Trinajstić information content (AvgIpc) is 4.11. The topological polar surface area (TPSA) is 9.23 Å². The van der Waals surface area contributed by atoms with Gasteiger partial charge in [-0.1, -0.05) is 0 Å². The van der Waals surface area contributed by atoms with Crippen molar-refractivity contribution in [2.24, 2.45) is 0 Å². The summed E-state index contributed by atoms with van der Waals surface area (Å²) in [6, 6.07) is 9.85. The Morgan fingerprint density at radius 1 is 0.288 bits per heavy atom. The first-order valence-corrected chi connectivity index (χ1v) is 27.3. The van der Waals surface area contributed by atoms with Crippen LogP contribution < -0.4 is 4.74 Å². The van der Waals surface area contributed by atoms with Gasteiger partial charge in [0, 0.05) is 5.56 Å². The van der Waals surface area contributed by atoms with E-state index in [4.69, 9.17) is 4.74 Å². The molecule has 73 heavy (non-hydrogen) atoms. The van der Waals surface area contributed by atoms with E-state index in [1.807, 2.05) is 7.11 Å². The second-order valence-corrected chi connectivity index (χ2v) is 27.6. The second-order valence-electron chi connectivity index (χ2n) is 27.6. The Balaban J connectivity index is 1.15. The van der Waals surface area contributed by atoms with Crippen LogP contribution in [0.15, 0.2) is 24.3 Å². The Labute approximate surface area is 400 Å². The molecular weight excluding hydrogens is 883 g/mol. The van der Waals surface area contributed by atoms with Gasteiger partial charge in [-0.05, 0) is 337 Å². The lowest BCUT2D eigenvalue weighted by molar-refractivity contribution is -0.911. The fraction of sp³-hybridized carbons (Fsp3) is 0.0986. The standard InChI is InChI=1S/C71H16NO/c1-72(2)8-70-65-57-49-39-29-21-13-11-12-15-19-17(13)25-33-27(19)37-31-23(15)24-16(12)20-18-14(11)22(21)30-36-26(18)34-28(20)38-32(24)42-41(31)53-47(37)55-45(33)51(43(49)35(25)29)59(65)61(55)67-63(53)64-54(42)48(38)56-46(34)52-44(36)50(40(30)39)58(57)66(70)60(52)62(56)68(64)71(67,70)69(72)9-4-6-10(73-3)7-5-9/h4-7,69H,8H2,1-3H3/q+1. The molecule has 0 saturated carbocycles. The third-order valence-electron chi connectivity index (χ3n) is 26.8. The van der Waals surface area contributed by atoms with Crippen LogP contribution >= 0.6 is 0 Å². The predicted molar refractivity (Wildman–Crippen MR) is 307 cm³/mol. The summed E-state index contributed by atoms with van der Waals surface area (Å²) in [6.45, 7) is 1.10. The number of ether oxygens (including phenoxy) is 1. The Morgan fingerprint density at radius 3 is 0.685 bits per heavy atom. The maximum Gasteiger partial charge on any atom is 0.130 e. The van der Waals surface area contributed by atoms with Gasteiger partial charge in [-0.15, -0.1) is 0 Å². The molecule has 4 aliphatic carbocycles. The summed E-state index contributed by atoms with van der Waals surface area (Å²) in [5.41, 5.74) is 8.01. The van der Waals surface area contributed by atoms with E-state index in [1.165, 1.54) is 5.56 Å². The van der Waals surface area contributed by atoms with Crippen molar-refractivity contribution < 1.29 is 9.22 Å². The van der Waals surface area contributed by atoms with Crippen molar-refractivity contribution in [3.8, 4) is 5.75 Å². The molecule has 1 saturated heterocycles. The number of hydrogen-bond donors (Lipinski definition) is 0. The predicted octanol–water partition coefficient (Wildman–Crippen LogP) is 18.1. The molecule has 0 amide bonds. The number of likely N-dealkylation sites (tertiary alicyclic amines) is 1. The quantitative estimate of drug-likeness (QED) is 0.124. The lowest BCUT2D eigenvalue weighted by atomic mass is 9.47. The Kier molecular flexibility index (Phi) is 2.40. The minimum atomic E-state index is -0.323. The number of hydrogen-bond acceptors (Lipinski definition) is 1. The summed E-state index contributed by atoms with van der Waals surface area (Å²) >= 11 is 0. The molecule has 1 aliphatic heterocycles. The number of benzene rings is 19. The van der Waals surface area contributed by atoms with E-state index in [9.17, 15) is 0 Å². The molecule has 2 heteroatoms. The number of quaternary nitrogens is 1. The first-order chi connectivity index (χ1) is 36.1. The van der Waals surface area contributed by atoms with Gasteiger partial charge in [-0.25, -0.2) is 0 Å². The minimum absolute atomic E-state index is 0.189. The molecule has 5 aliphatic rings. The van der Waals surface area contributed by atoms with E-state index in [0.29, 0.717) is 0 Å². The molecule has 1 unspecified atom stereocenters. The largest absolute Gasteiger partial charge is 0.497 e. The van der Waals surface area contributed by atoms with Crippen molar-refractivity contribution >= 4 is 291 Å². The number of likely N-dealkylation sites (N-methyl/N-ethyl adjacent to an activating group) is 1. The van der Waals surface area contributed by atoms with Crippen LogP contribution in [0.4, 0.5) is 0 Å². The van der Waals surface area contributed by atoms with E-state index in [0.717, 1.165) is 16.8 Å². The van der Waals surface area contributed by atoms with Gasteiger partial charge in [0.05, 0.1) is 38.6 Å². The van der Waals surface area contributed by atoms with Crippen molar-refractivity contribution in [1.82, 2.24) is 0 Å². The highest BCUT2D eigenvalue weighted by molar-refractivity contribution is 6.82. The molecule has 29 aromatic carbocycles. The second kappa shape index (κ2) is 6.28. The van der Waals surface area contributed by atoms with Gasteiger partial charge in [-0.3, -0.25) is 0 Å². The van der Waals surface area contributed by atoms with Crippen LogP contribution in [0.25, 0.3) is 291 Å². The Bertz CT molecular complexity index is 7310. The van der Waals surface area contributed by atoms with Crippen LogP contribution in [-0.4, -0.2) is 32.2 Å². The van der Waals surface area contributed by atoms with Crippen LogP contribution in [0.2, 0.25) is 0 Å². The van der Waals surface area contributed by atoms with Crippen molar-refractivity contribution in [1.29, 1.82) is 0 Å². The molecule has 310 valence electrons. The molecule has 0 bridgehead atoms. The van der Waals surface area contributed by atoms with Gasteiger partial charge >= 0.3 is 0 Å². The van der Waals surface area contributed by atoms with E-state index in [-0.39, 0.29) is 16.9 Å². The maximum atomic E-state index is 6.02. The molecule has 1 fully saturated rings. The van der Waals surface area contributed by atoms with Crippen LogP contribution in [0, 0.1) is 0 Å². The highest BCUT2D eigenvalue weighted by atomic mass is 16.5. The molecule has 29 aromatic rings. The number of methoxy groups -OCH3 is 1. The molecule has 0 aromatic heterocycles. The SMILES string of the molecule is COc1ccc(C2C34c5c6c7c8c9c%10c(c%11c%12c3c3c5c5c%13c6c6c7c7c9c9c%14c%10c%10c%11c%11c%12c%12c3c3c5c5c%13c%13c6c6c7c9c7c9c%14c%10c%10c%11c%11c%12c3c3c5c5c%13c6c7c6c9c%10c%11c3c56)C84C[N+]2(C)C)cc1. The molecule has 34 rings (SSSR count). The third-order valence-corrected chi connectivity index (χ3v) is 26.8. The summed E-state index contributed by atoms with van der Waals surface area (Å²) in [5, 5.41) is 90.2. The molecule has 1 heterocycles. The van der Waals surface area contributed by atoms with Gasteiger partial charge in [0.2, 0.25) is 0 Å². The van der Waals surface area contributed by atoms with Crippen molar-refractivity contribution in [3.63, 3.8) is 0 Å². The monoisotopic (exact) mass is 898 g/mol. The number of rotatable bonds is 2. The zero-order chi connectivity index (χ0) is 44.0. The van der Waals surface area contributed by atoms with Gasteiger partial charge < -0.3 is 9.22 Å². The van der Waals surface area contributed by atoms with Crippen molar-refractivity contribution in [2.45, 2.75) is 16.9 Å². The zero-order valence-corrected chi connectivity index (χ0v) is 38.4. The highest BCUT2D eigenvalue weighted by Gasteiger charge is 2.80. The summed E-state index contributed by atoms with van der Waals surface area (Å²) < 4.78 is 6.97. The van der Waals surface area contributed by atoms with Crippen LogP contribution in [0.5, 0.6) is 5.75 Å². The van der Waals surface area contributed by atoms with Crippen LogP contribution in [-0.2, 0) is 10.8 Å². The lowest BCUT2D eigenvalue weighted by Gasteiger charge is -2.49. The van der Waals surface area contributed by atoms with Gasteiger partial charge in [0.15, 0.2) is 0 Å². The average molecular weight is 899 g/mol. The number of nitrogens with zero attached hydrogens (tertiary/aromatic N) is 1. The van der Waals surface area contributed by atoms with E-state index in [1.54, 1.807) is 313 Å². The summed E-state index contributed by atoms with van der Waals surface area (Å²) in [6.07, 6.45) is 0. The van der Waals surface area contributed by atoms with Crippen molar-refractivity contribution in [3.05, 3.63) is 52.1 Å². The fourth-order valence-corrected chi connectivity index (χ4v) is 26.9. The fourth-order valence-electron chi connectivity index (χ4n) is 26.9. The minimum Gasteiger partial charge on any atom is -0.497 e. The molecule has 0 radical (unpaired) electrons. The molecule has 0 N–H and O–H groups in total. The summed E-state index contributed by atoms with van der Waals surface area (Å²) in [7, 11) is 7.21. The van der Waals surface area contributed by atoms with Gasteiger partial charge in [-0.2, -0.15) is 0 Å². The highest BCUT2D eigenvalue weighted by Crippen LogP contribution is 2.87. The zero-order valence-electron chi connectivity index (χ0n) is 38.4. The molecule has 2 spiro atoms.